The van der Waals surface area contributed by atoms with Gasteiger partial charge in [-0.2, -0.15) is 5.26 Å². The molecule has 22 heavy (non-hydrogen) atoms. The molecular weight excluding hydrogens is 276 g/mol. The largest absolute Gasteiger partial charge is 0.274 e. The number of hydrogen-bond donors (Lipinski definition) is 0. The highest BCUT2D eigenvalue weighted by molar-refractivity contribution is 6.22. The molecule has 0 spiro atoms. The molecule has 4 unspecified atom stereocenters. The van der Waals surface area contributed by atoms with Crippen LogP contribution in [0.25, 0.3) is 0 Å². The molecule has 2 fully saturated rings. The summed E-state index contributed by atoms with van der Waals surface area (Å²) in [5.41, 5.74) is 1.89. The molecule has 2 amide bonds. The van der Waals surface area contributed by atoms with E-state index in [2.05, 4.69) is 18.2 Å². The number of carbonyl (C=O) groups excluding carboxylic acids is 2. The van der Waals surface area contributed by atoms with Crippen molar-refractivity contribution in [2.45, 2.75) is 19.8 Å². The summed E-state index contributed by atoms with van der Waals surface area (Å²) in [7, 11) is 0. The van der Waals surface area contributed by atoms with Gasteiger partial charge in [0.25, 0.3) is 0 Å². The molecule has 4 nitrogen and oxygen atoms in total. The molecule has 1 saturated carbocycles. The molecule has 110 valence electrons. The zero-order valence-corrected chi connectivity index (χ0v) is 12.3. The van der Waals surface area contributed by atoms with Crippen LogP contribution in [0.15, 0.2) is 30.4 Å². The van der Waals surface area contributed by atoms with Gasteiger partial charge in [0.2, 0.25) is 11.8 Å². The first-order valence-corrected chi connectivity index (χ1v) is 7.68. The second-order valence-corrected chi connectivity index (χ2v) is 6.46. The monoisotopic (exact) mass is 292 g/mol. The number of nitrogens with zero attached hydrogens (tertiary/aromatic N) is 2. The van der Waals surface area contributed by atoms with Gasteiger partial charge in [0, 0.05) is 0 Å². The summed E-state index contributed by atoms with van der Waals surface area (Å²) >= 11 is 0. The fraction of sp³-hybridized carbons (Fsp3) is 0.389. The second kappa shape index (κ2) is 4.54. The van der Waals surface area contributed by atoms with E-state index in [1.807, 2.05) is 6.92 Å². The molecular formula is C18H16N2O2. The number of hydrogen-bond acceptors (Lipinski definition) is 3. The normalized spacial score (nSPS) is 32.3. The number of aryl methyl sites for hydroxylation is 1. The molecule has 4 atom stereocenters. The number of carbonyl (C=O) groups is 2. The van der Waals surface area contributed by atoms with Gasteiger partial charge in [-0.1, -0.05) is 18.2 Å². The molecule has 5 rings (SSSR count). The minimum atomic E-state index is -0.205. The fourth-order valence-corrected chi connectivity index (χ4v) is 4.20. The van der Waals surface area contributed by atoms with Crippen molar-refractivity contribution in [3.05, 3.63) is 41.5 Å². The van der Waals surface area contributed by atoms with E-state index in [0.717, 1.165) is 18.4 Å². The molecule has 0 aromatic heterocycles. The van der Waals surface area contributed by atoms with Crippen LogP contribution in [0.1, 0.15) is 24.0 Å². The molecule has 3 aliphatic carbocycles. The predicted molar refractivity (Wildman–Crippen MR) is 80.7 cm³/mol. The Morgan fingerprint density at radius 2 is 1.68 bits per heavy atom. The number of rotatable bonds is 1. The third-order valence-corrected chi connectivity index (χ3v) is 5.36. The zero-order chi connectivity index (χ0) is 15.4. The molecule has 0 N–H and O–H groups in total. The number of fused-ring (bicyclic) bond motifs is 1. The van der Waals surface area contributed by atoms with Crippen molar-refractivity contribution in [1.82, 2.24) is 0 Å². The fourth-order valence-electron chi connectivity index (χ4n) is 4.20. The molecule has 4 aliphatic rings. The van der Waals surface area contributed by atoms with Gasteiger partial charge in [-0.05, 0) is 49.3 Å². The molecule has 1 aromatic rings. The van der Waals surface area contributed by atoms with Crippen LogP contribution in [-0.4, -0.2) is 11.8 Å². The number of amides is 2. The third-order valence-electron chi connectivity index (χ3n) is 5.36. The van der Waals surface area contributed by atoms with Gasteiger partial charge in [-0.25, -0.2) is 4.90 Å². The third kappa shape index (κ3) is 1.62. The van der Waals surface area contributed by atoms with Crippen LogP contribution in [-0.2, 0) is 9.59 Å². The summed E-state index contributed by atoms with van der Waals surface area (Å²) in [6.45, 7) is 1.85. The number of benzene rings is 1. The minimum absolute atomic E-state index is 0.0956. The van der Waals surface area contributed by atoms with Crippen molar-refractivity contribution >= 4 is 17.5 Å². The molecule has 1 saturated heterocycles. The first-order chi connectivity index (χ1) is 10.6. The van der Waals surface area contributed by atoms with Crippen molar-refractivity contribution < 1.29 is 9.59 Å². The summed E-state index contributed by atoms with van der Waals surface area (Å²) in [5.74, 6) is -0.218. The first kappa shape index (κ1) is 13.3. The van der Waals surface area contributed by atoms with E-state index in [-0.39, 0.29) is 35.5 Å². The van der Waals surface area contributed by atoms with E-state index < -0.39 is 0 Å². The van der Waals surface area contributed by atoms with E-state index in [9.17, 15) is 9.59 Å². The Morgan fingerprint density at radius 1 is 1.09 bits per heavy atom. The Hall–Kier alpha value is -2.41. The van der Waals surface area contributed by atoms with Gasteiger partial charge < -0.3 is 0 Å². The van der Waals surface area contributed by atoms with Gasteiger partial charge in [-0.3, -0.25) is 9.59 Å². The lowest BCUT2D eigenvalue weighted by Gasteiger charge is -2.38. The Morgan fingerprint density at radius 3 is 2.18 bits per heavy atom. The lowest BCUT2D eigenvalue weighted by Crippen LogP contribution is -2.38. The SMILES string of the molecule is Cc1ccc(N2C(=O)C3C4C=CC(CC4)C3C2=O)cc1C#N. The first-order valence-electron chi connectivity index (χ1n) is 7.68. The smallest absolute Gasteiger partial charge is 0.238 e. The molecule has 1 heterocycles. The summed E-state index contributed by atoms with van der Waals surface area (Å²) in [5, 5.41) is 9.17. The average molecular weight is 292 g/mol. The van der Waals surface area contributed by atoms with Gasteiger partial charge in [-0.15, -0.1) is 0 Å². The van der Waals surface area contributed by atoms with Crippen molar-refractivity contribution in [2.75, 3.05) is 4.90 Å². The molecule has 4 heteroatoms. The summed E-state index contributed by atoms with van der Waals surface area (Å²) < 4.78 is 0. The van der Waals surface area contributed by atoms with Gasteiger partial charge >= 0.3 is 0 Å². The van der Waals surface area contributed by atoms with Crippen LogP contribution in [0, 0.1) is 41.9 Å². The summed E-state index contributed by atoms with van der Waals surface area (Å²) in [4.78, 5) is 26.9. The molecule has 1 aromatic carbocycles. The van der Waals surface area contributed by atoms with Crippen molar-refractivity contribution in [1.29, 1.82) is 5.26 Å². The Kier molecular flexibility index (Phi) is 2.74. The van der Waals surface area contributed by atoms with Gasteiger partial charge in [0.15, 0.2) is 0 Å². The number of imide groups is 1. The highest BCUT2D eigenvalue weighted by atomic mass is 16.2. The lowest BCUT2D eigenvalue weighted by atomic mass is 9.63. The van der Waals surface area contributed by atoms with Gasteiger partial charge in [0.05, 0.1) is 29.2 Å². The Balaban J connectivity index is 1.77. The second-order valence-electron chi connectivity index (χ2n) is 6.46. The number of allylic oxidation sites excluding steroid dienone is 2. The predicted octanol–water partition coefficient (Wildman–Crippen LogP) is 2.57. The molecule has 2 bridgehead atoms. The number of anilines is 1. The van der Waals surface area contributed by atoms with E-state index in [1.165, 1.54) is 4.90 Å². The summed E-state index contributed by atoms with van der Waals surface area (Å²) in [6.07, 6.45) is 6.21. The molecule has 0 radical (unpaired) electrons. The highest BCUT2D eigenvalue weighted by Gasteiger charge is 2.56. The van der Waals surface area contributed by atoms with Crippen LogP contribution in [0.4, 0.5) is 5.69 Å². The quantitative estimate of drug-likeness (QED) is 0.590. The van der Waals surface area contributed by atoms with Crippen LogP contribution in [0.5, 0.6) is 0 Å². The maximum Gasteiger partial charge on any atom is 0.238 e. The topological polar surface area (TPSA) is 61.2 Å². The lowest BCUT2D eigenvalue weighted by molar-refractivity contribution is -0.124. The van der Waals surface area contributed by atoms with Crippen molar-refractivity contribution in [3.63, 3.8) is 0 Å². The maximum absolute atomic E-state index is 12.8. The van der Waals surface area contributed by atoms with Crippen LogP contribution < -0.4 is 4.90 Å². The van der Waals surface area contributed by atoms with E-state index in [4.69, 9.17) is 5.26 Å². The standard InChI is InChI=1S/C18H16N2O2/c1-10-2-7-14(8-13(10)9-19)20-17(21)15-11-3-4-12(6-5-11)16(15)18(20)22/h2-4,7-8,11-12,15-16H,5-6H2,1H3. The van der Waals surface area contributed by atoms with E-state index in [0.29, 0.717) is 11.3 Å². The Labute approximate surface area is 129 Å². The average Bonchev–Trinajstić information content (AvgIpc) is 2.83. The van der Waals surface area contributed by atoms with Crippen molar-refractivity contribution in [2.24, 2.45) is 23.7 Å². The van der Waals surface area contributed by atoms with E-state index in [1.54, 1.807) is 18.2 Å². The maximum atomic E-state index is 12.8. The van der Waals surface area contributed by atoms with Crippen LogP contribution in [0.2, 0.25) is 0 Å². The van der Waals surface area contributed by atoms with Crippen LogP contribution in [0.3, 0.4) is 0 Å². The zero-order valence-electron chi connectivity index (χ0n) is 12.3. The van der Waals surface area contributed by atoms with Crippen molar-refractivity contribution in [3.8, 4) is 6.07 Å². The minimum Gasteiger partial charge on any atom is -0.274 e. The van der Waals surface area contributed by atoms with Gasteiger partial charge in [0.1, 0.15) is 0 Å². The summed E-state index contributed by atoms with van der Waals surface area (Å²) in [6, 6.07) is 7.33. The molecule has 1 aliphatic heterocycles. The number of nitriles is 1. The Bertz CT molecular complexity index is 727. The van der Waals surface area contributed by atoms with Crippen LogP contribution >= 0.6 is 0 Å². The van der Waals surface area contributed by atoms with E-state index >= 15 is 0 Å². The highest BCUT2D eigenvalue weighted by Crippen LogP contribution is 2.50.